The number of aromatic nitrogens is 1. The van der Waals surface area contributed by atoms with Gasteiger partial charge in [0.25, 0.3) is 0 Å². The summed E-state index contributed by atoms with van der Waals surface area (Å²) < 4.78 is 17.0. The third kappa shape index (κ3) is 0.920. The summed E-state index contributed by atoms with van der Waals surface area (Å²) in [5, 5.41) is 8.50. The number of benzene rings is 1. The molecule has 0 unspecified atom stereocenters. The van der Waals surface area contributed by atoms with E-state index in [0.29, 0.717) is 16.7 Å². The minimum atomic E-state index is -0.875. The smallest absolute Gasteiger partial charge is 0.382 e. The molecule has 0 amide bonds. The first-order chi connectivity index (χ1) is 5.79. The average Bonchev–Trinajstić information content (AvgIpc) is 2.43. The van der Waals surface area contributed by atoms with Crippen LogP contribution in [0.5, 0.6) is 0 Å². The van der Waals surface area contributed by atoms with Crippen LogP contribution >= 0.6 is 0 Å². The summed E-state index contributed by atoms with van der Waals surface area (Å²) in [6, 6.07) is 6.47. The monoisotopic (exact) mass is 162 g/mol. The zero-order valence-electron chi connectivity index (χ0n) is 5.91. The molecule has 0 bridgehead atoms. The van der Waals surface area contributed by atoms with Crippen molar-refractivity contribution in [2.45, 2.75) is 0 Å². The van der Waals surface area contributed by atoms with Gasteiger partial charge < -0.3 is 4.42 Å². The Morgan fingerprint density at radius 3 is 3.08 bits per heavy atom. The molecule has 0 radical (unpaired) electrons. The molecule has 0 atom stereocenters. The van der Waals surface area contributed by atoms with Crippen LogP contribution in [0.15, 0.2) is 22.6 Å². The molecule has 58 valence electrons. The number of fused-ring (bicyclic) bond motifs is 1. The molecule has 0 saturated carbocycles. The third-order valence-electron chi connectivity index (χ3n) is 1.49. The van der Waals surface area contributed by atoms with E-state index in [-0.39, 0.29) is 0 Å². The highest BCUT2D eigenvalue weighted by Crippen LogP contribution is 2.15. The van der Waals surface area contributed by atoms with Gasteiger partial charge in [-0.1, -0.05) is 0 Å². The van der Waals surface area contributed by atoms with E-state index in [4.69, 9.17) is 5.26 Å². The summed E-state index contributed by atoms with van der Waals surface area (Å²) in [6.45, 7) is 0. The second-order valence-corrected chi connectivity index (χ2v) is 2.26. The molecular formula is C8H3FN2O. The van der Waals surface area contributed by atoms with Crippen LogP contribution in [-0.4, -0.2) is 4.98 Å². The first-order valence-corrected chi connectivity index (χ1v) is 3.26. The second-order valence-electron chi connectivity index (χ2n) is 2.26. The van der Waals surface area contributed by atoms with E-state index < -0.39 is 6.14 Å². The molecule has 4 heteroatoms. The topological polar surface area (TPSA) is 49.8 Å². The second kappa shape index (κ2) is 2.31. The quantitative estimate of drug-likeness (QED) is 0.593. The van der Waals surface area contributed by atoms with Gasteiger partial charge in [-0.3, -0.25) is 0 Å². The van der Waals surface area contributed by atoms with Crippen LogP contribution in [0.4, 0.5) is 4.39 Å². The molecule has 0 saturated heterocycles. The van der Waals surface area contributed by atoms with Crippen molar-refractivity contribution in [2.24, 2.45) is 0 Å². The molecule has 0 spiro atoms. The molecule has 0 aliphatic heterocycles. The van der Waals surface area contributed by atoms with E-state index in [1.807, 2.05) is 6.07 Å². The molecule has 12 heavy (non-hydrogen) atoms. The molecule has 2 rings (SSSR count). The van der Waals surface area contributed by atoms with Gasteiger partial charge in [0.2, 0.25) is 0 Å². The van der Waals surface area contributed by atoms with Crippen molar-refractivity contribution < 1.29 is 8.81 Å². The van der Waals surface area contributed by atoms with Gasteiger partial charge in [-0.15, -0.1) is 4.39 Å². The number of hydrogen-bond donors (Lipinski definition) is 0. The maximum Gasteiger partial charge on any atom is 0.382 e. The SMILES string of the molecule is N#Cc1ccc2nc(F)oc2c1. The van der Waals surface area contributed by atoms with Gasteiger partial charge in [0.1, 0.15) is 5.52 Å². The number of oxazole rings is 1. The molecule has 0 N–H and O–H groups in total. The van der Waals surface area contributed by atoms with Crippen molar-refractivity contribution in [1.29, 1.82) is 5.26 Å². The highest BCUT2D eigenvalue weighted by molar-refractivity contribution is 5.73. The molecule has 1 heterocycles. The van der Waals surface area contributed by atoms with Gasteiger partial charge in [-0.25, -0.2) is 0 Å². The first kappa shape index (κ1) is 6.80. The van der Waals surface area contributed by atoms with Crippen molar-refractivity contribution in [2.75, 3.05) is 0 Å². The maximum absolute atomic E-state index is 12.4. The van der Waals surface area contributed by atoms with Crippen LogP contribution in [-0.2, 0) is 0 Å². The zero-order chi connectivity index (χ0) is 8.55. The molecule has 1 aromatic carbocycles. The van der Waals surface area contributed by atoms with E-state index in [1.165, 1.54) is 6.07 Å². The molecule has 0 aliphatic rings. The highest BCUT2D eigenvalue weighted by Gasteiger charge is 2.04. The molecule has 3 nitrogen and oxygen atoms in total. The Balaban J connectivity index is 2.77. The van der Waals surface area contributed by atoms with Crippen molar-refractivity contribution in [3.05, 3.63) is 29.9 Å². The van der Waals surface area contributed by atoms with Crippen LogP contribution in [0.3, 0.4) is 0 Å². The summed E-state index contributed by atoms with van der Waals surface area (Å²) >= 11 is 0. The summed E-state index contributed by atoms with van der Waals surface area (Å²) in [4.78, 5) is 3.45. The Morgan fingerprint density at radius 1 is 1.50 bits per heavy atom. The third-order valence-corrected chi connectivity index (χ3v) is 1.49. The first-order valence-electron chi connectivity index (χ1n) is 3.26. The van der Waals surface area contributed by atoms with Gasteiger partial charge in [-0.05, 0) is 12.1 Å². The number of nitrogens with zero attached hydrogens (tertiary/aromatic N) is 2. The van der Waals surface area contributed by atoms with E-state index in [9.17, 15) is 4.39 Å². The lowest BCUT2D eigenvalue weighted by Crippen LogP contribution is -1.72. The van der Waals surface area contributed by atoms with Gasteiger partial charge in [0.05, 0.1) is 11.6 Å². The summed E-state index contributed by atoms with van der Waals surface area (Å²) in [7, 11) is 0. The number of hydrogen-bond acceptors (Lipinski definition) is 3. The largest absolute Gasteiger partial charge is 0.415 e. The van der Waals surface area contributed by atoms with Crippen molar-refractivity contribution >= 4 is 11.1 Å². The Labute approximate surface area is 67.1 Å². The number of nitriles is 1. The van der Waals surface area contributed by atoms with Crippen molar-refractivity contribution in [3.8, 4) is 6.07 Å². The van der Waals surface area contributed by atoms with E-state index in [2.05, 4.69) is 9.40 Å². The Morgan fingerprint density at radius 2 is 2.33 bits per heavy atom. The van der Waals surface area contributed by atoms with E-state index >= 15 is 0 Å². The minimum Gasteiger partial charge on any atom is -0.415 e. The van der Waals surface area contributed by atoms with Gasteiger partial charge in [-0.2, -0.15) is 10.2 Å². The molecule has 1 aromatic heterocycles. The van der Waals surface area contributed by atoms with Crippen LogP contribution in [0.1, 0.15) is 5.56 Å². The number of halogens is 1. The molecule has 2 aromatic rings. The lowest BCUT2D eigenvalue weighted by molar-refractivity contribution is 0.355. The fourth-order valence-electron chi connectivity index (χ4n) is 0.966. The van der Waals surface area contributed by atoms with Gasteiger partial charge >= 0.3 is 6.14 Å². The normalized spacial score (nSPS) is 10.0. The van der Waals surface area contributed by atoms with Crippen LogP contribution in [0.2, 0.25) is 0 Å². The molecule has 0 fully saturated rings. The Kier molecular flexibility index (Phi) is 1.31. The zero-order valence-corrected chi connectivity index (χ0v) is 5.91. The maximum atomic E-state index is 12.4. The van der Waals surface area contributed by atoms with Gasteiger partial charge in [0, 0.05) is 6.07 Å². The Bertz CT molecular complexity index is 469. The standard InChI is InChI=1S/C8H3FN2O/c9-8-11-6-2-1-5(4-10)3-7(6)12-8/h1-3H. The Hall–Kier alpha value is -1.89. The van der Waals surface area contributed by atoms with Crippen LogP contribution in [0, 0.1) is 17.5 Å². The van der Waals surface area contributed by atoms with Crippen LogP contribution < -0.4 is 0 Å². The van der Waals surface area contributed by atoms with E-state index in [1.54, 1.807) is 12.1 Å². The van der Waals surface area contributed by atoms with E-state index in [0.717, 1.165) is 0 Å². The van der Waals surface area contributed by atoms with Gasteiger partial charge in [0.15, 0.2) is 5.58 Å². The lowest BCUT2D eigenvalue weighted by Gasteiger charge is -1.85. The highest BCUT2D eigenvalue weighted by atomic mass is 19.1. The van der Waals surface area contributed by atoms with Crippen molar-refractivity contribution in [3.63, 3.8) is 0 Å². The summed E-state index contributed by atoms with van der Waals surface area (Å²) in [6.07, 6.45) is -0.875. The number of rotatable bonds is 0. The predicted molar refractivity (Wildman–Crippen MR) is 38.7 cm³/mol. The van der Waals surface area contributed by atoms with Crippen molar-refractivity contribution in [1.82, 2.24) is 4.98 Å². The summed E-state index contributed by atoms with van der Waals surface area (Å²) in [5.41, 5.74) is 1.15. The fraction of sp³-hybridized carbons (Fsp3) is 0. The predicted octanol–water partition coefficient (Wildman–Crippen LogP) is 1.84. The summed E-state index contributed by atoms with van der Waals surface area (Å²) in [5.74, 6) is 0. The molecule has 0 aliphatic carbocycles. The van der Waals surface area contributed by atoms with Crippen LogP contribution in [0.25, 0.3) is 11.1 Å². The average molecular weight is 162 g/mol. The minimum absolute atomic E-state index is 0.298. The fourth-order valence-corrected chi connectivity index (χ4v) is 0.966. The lowest BCUT2D eigenvalue weighted by atomic mass is 10.2. The molecular weight excluding hydrogens is 159 g/mol.